The number of nitrogens with two attached hydrogens (primary N) is 1. The highest BCUT2D eigenvalue weighted by atomic mass is 19.1. The van der Waals surface area contributed by atoms with Crippen molar-refractivity contribution in [1.29, 1.82) is 0 Å². The van der Waals surface area contributed by atoms with Crippen LogP contribution in [0.2, 0.25) is 0 Å². The molecule has 16 heavy (non-hydrogen) atoms. The van der Waals surface area contributed by atoms with Gasteiger partial charge in [-0.25, -0.2) is 9.18 Å². The summed E-state index contributed by atoms with van der Waals surface area (Å²) in [4.78, 5) is 11.5. The Morgan fingerprint density at radius 2 is 2.19 bits per heavy atom. The molecule has 0 aliphatic rings. The molecule has 0 aliphatic heterocycles. The summed E-state index contributed by atoms with van der Waals surface area (Å²) in [7, 11) is 0. The third kappa shape index (κ3) is 3.98. The molecular weight excluding hydrogens is 209 g/mol. The van der Waals surface area contributed by atoms with Crippen LogP contribution in [0, 0.1) is 11.7 Å². The average molecular weight is 225 g/mol. The maximum absolute atomic E-state index is 12.8. The fourth-order valence-electron chi connectivity index (χ4n) is 1.33. The van der Waals surface area contributed by atoms with Crippen molar-refractivity contribution in [2.45, 2.75) is 26.3 Å². The molecule has 0 aromatic heterocycles. The molecule has 3 nitrogen and oxygen atoms in total. The molecule has 4 heteroatoms. The molecule has 0 saturated carbocycles. The fraction of sp³-hybridized carbons (Fsp3) is 0.417. The van der Waals surface area contributed by atoms with Crippen LogP contribution in [0.5, 0.6) is 5.75 Å². The molecule has 2 N–H and O–H groups in total. The molecule has 1 aromatic carbocycles. The van der Waals surface area contributed by atoms with E-state index < -0.39 is 17.8 Å². The van der Waals surface area contributed by atoms with Crippen LogP contribution in [0.4, 0.5) is 4.39 Å². The molecule has 0 heterocycles. The van der Waals surface area contributed by atoms with E-state index in [2.05, 4.69) is 0 Å². The molecule has 0 fully saturated rings. The molecule has 0 aliphatic carbocycles. The van der Waals surface area contributed by atoms with Gasteiger partial charge in [0.2, 0.25) is 0 Å². The highest BCUT2D eigenvalue weighted by Gasteiger charge is 2.17. The number of hydrogen-bond acceptors (Lipinski definition) is 3. The Morgan fingerprint density at radius 1 is 1.50 bits per heavy atom. The first-order chi connectivity index (χ1) is 7.49. The summed E-state index contributed by atoms with van der Waals surface area (Å²) in [6.45, 7) is 3.94. The molecule has 1 atom stereocenters. The number of hydrogen-bond donors (Lipinski definition) is 1. The maximum atomic E-state index is 12.8. The number of rotatable bonds is 4. The Labute approximate surface area is 94.4 Å². The van der Waals surface area contributed by atoms with Crippen molar-refractivity contribution in [2.75, 3.05) is 0 Å². The minimum atomic E-state index is -0.664. The first kappa shape index (κ1) is 12.6. The van der Waals surface area contributed by atoms with E-state index in [1.54, 1.807) is 0 Å². The Balaban J connectivity index is 2.57. The number of benzene rings is 1. The van der Waals surface area contributed by atoms with E-state index in [1.807, 2.05) is 13.8 Å². The van der Waals surface area contributed by atoms with Gasteiger partial charge < -0.3 is 10.5 Å². The summed E-state index contributed by atoms with van der Waals surface area (Å²) in [5, 5.41) is 0. The minimum Gasteiger partial charge on any atom is -0.425 e. The van der Waals surface area contributed by atoms with Gasteiger partial charge in [-0.05, 0) is 24.5 Å². The molecule has 0 amide bonds. The smallest absolute Gasteiger partial charge is 0.328 e. The molecule has 0 radical (unpaired) electrons. The Morgan fingerprint density at radius 3 is 2.75 bits per heavy atom. The topological polar surface area (TPSA) is 52.3 Å². The third-order valence-electron chi connectivity index (χ3n) is 2.04. The lowest BCUT2D eigenvalue weighted by Gasteiger charge is -2.12. The van der Waals surface area contributed by atoms with Crippen LogP contribution >= 0.6 is 0 Å². The number of ether oxygens (including phenoxy) is 1. The maximum Gasteiger partial charge on any atom is 0.328 e. The summed E-state index contributed by atoms with van der Waals surface area (Å²) >= 11 is 0. The summed E-state index contributed by atoms with van der Waals surface area (Å²) < 4.78 is 17.8. The van der Waals surface area contributed by atoms with E-state index in [9.17, 15) is 9.18 Å². The molecule has 0 saturated heterocycles. The van der Waals surface area contributed by atoms with E-state index in [4.69, 9.17) is 10.5 Å². The fourth-order valence-corrected chi connectivity index (χ4v) is 1.33. The van der Waals surface area contributed by atoms with Crippen LogP contribution in [-0.4, -0.2) is 12.0 Å². The Bertz CT molecular complexity index is 366. The van der Waals surface area contributed by atoms with Crippen LogP contribution < -0.4 is 10.5 Å². The second-order valence-electron chi connectivity index (χ2n) is 4.11. The van der Waals surface area contributed by atoms with Gasteiger partial charge in [0.15, 0.2) is 0 Å². The van der Waals surface area contributed by atoms with Crippen molar-refractivity contribution in [1.82, 2.24) is 0 Å². The van der Waals surface area contributed by atoms with Crippen molar-refractivity contribution in [3.05, 3.63) is 30.1 Å². The van der Waals surface area contributed by atoms with Crippen LogP contribution in [0.3, 0.4) is 0 Å². The van der Waals surface area contributed by atoms with E-state index in [-0.39, 0.29) is 5.75 Å². The van der Waals surface area contributed by atoms with Crippen LogP contribution in [-0.2, 0) is 4.79 Å². The number of carbonyl (C=O) groups excluding carboxylic acids is 1. The Hall–Kier alpha value is -1.42. The second kappa shape index (κ2) is 5.61. The zero-order valence-corrected chi connectivity index (χ0v) is 9.44. The molecule has 0 spiro atoms. The van der Waals surface area contributed by atoms with Gasteiger partial charge in [0.05, 0.1) is 0 Å². The molecular formula is C12H16FNO2. The zero-order chi connectivity index (χ0) is 12.1. The standard InChI is InChI=1S/C12H16FNO2/c1-8(2)6-11(14)12(15)16-10-5-3-4-9(13)7-10/h3-5,7-8,11H,6,14H2,1-2H3. The van der Waals surface area contributed by atoms with Crippen LogP contribution in [0.25, 0.3) is 0 Å². The Kier molecular flexibility index (Phi) is 4.43. The van der Waals surface area contributed by atoms with Crippen molar-refractivity contribution in [3.8, 4) is 5.75 Å². The first-order valence-electron chi connectivity index (χ1n) is 5.22. The summed E-state index contributed by atoms with van der Waals surface area (Å²) in [5.41, 5.74) is 5.64. The molecule has 1 rings (SSSR count). The number of esters is 1. The van der Waals surface area contributed by atoms with Gasteiger partial charge in [-0.2, -0.15) is 0 Å². The van der Waals surface area contributed by atoms with Gasteiger partial charge in [0, 0.05) is 6.07 Å². The predicted octanol–water partition coefficient (Wildman–Crippen LogP) is 2.10. The van der Waals surface area contributed by atoms with Crippen LogP contribution in [0.1, 0.15) is 20.3 Å². The quantitative estimate of drug-likeness (QED) is 0.630. The highest BCUT2D eigenvalue weighted by molar-refractivity contribution is 5.77. The average Bonchev–Trinajstić information content (AvgIpc) is 2.16. The monoisotopic (exact) mass is 225 g/mol. The highest BCUT2D eigenvalue weighted by Crippen LogP contribution is 2.13. The van der Waals surface area contributed by atoms with Gasteiger partial charge in [-0.3, -0.25) is 0 Å². The number of carbonyl (C=O) groups is 1. The third-order valence-corrected chi connectivity index (χ3v) is 2.04. The molecule has 1 unspecified atom stereocenters. The van der Waals surface area contributed by atoms with E-state index >= 15 is 0 Å². The van der Waals surface area contributed by atoms with Crippen LogP contribution in [0.15, 0.2) is 24.3 Å². The second-order valence-corrected chi connectivity index (χ2v) is 4.11. The van der Waals surface area contributed by atoms with Gasteiger partial charge in [-0.15, -0.1) is 0 Å². The van der Waals surface area contributed by atoms with Crippen molar-refractivity contribution in [2.24, 2.45) is 11.7 Å². The van der Waals surface area contributed by atoms with Crippen molar-refractivity contribution in [3.63, 3.8) is 0 Å². The van der Waals surface area contributed by atoms with Crippen molar-refractivity contribution >= 4 is 5.97 Å². The van der Waals surface area contributed by atoms with E-state index in [1.165, 1.54) is 18.2 Å². The van der Waals surface area contributed by atoms with Gasteiger partial charge >= 0.3 is 5.97 Å². The summed E-state index contributed by atoms with van der Waals surface area (Å²) in [6.07, 6.45) is 0.550. The normalized spacial score (nSPS) is 12.6. The van der Waals surface area contributed by atoms with E-state index in [0.717, 1.165) is 6.07 Å². The SMILES string of the molecule is CC(C)CC(N)C(=O)Oc1cccc(F)c1. The zero-order valence-electron chi connectivity index (χ0n) is 9.44. The lowest BCUT2D eigenvalue weighted by atomic mass is 10.1. The van der Waals surface area contributed by atoms with Crippen molar-refractivity contribution < 1.29 is 13.9 Å². The van der Waals surface area contributed by atoms with Gasteiger partial charge in [-0.1, -0.05) is 19.9 Å². The molecule has 0 bridgehead atoms. The van der Waals surface area contributed by atoms with E-state index in [0.29, 0.717) is 12.3 Å². The first-order valence-corrected chi connectivity index (χ1v) is 5.22. The lowest BCUT2D eigenvalue weighted by Crippen LogP contribution is -2.35. The largest absolute Gasteiger partial charge is 0.425 e. The summed E-state index contributed by atoms with van der Waals surface area (Å²) in [5.74, 6) is -0.471. The lowest BCUT2D eigenvalue weighted by molar-refractivity contribution is -0.136. The minimum absolute atomic E-state index is 0.184. The summed E-state index contributed by atoms with van der Waals surface area (Å²) in [6, 6.07) is 4.77. The number of halogens is 1. The van der Waals surface area contributed by atoms with Gasteiger partial charge in [0.1, 0.15) is 17.6 Å². The molecule has 1 aromatic rings. The predicted molar refractivity (Wildman–Crippen MR) is 59.5 cm³/mol. The van der Waals surface area contributed by atoms with Gasteiger partial charge in [0.25, 0.3) is 0 Å². The molecule has 88 valence electrons.